The molecule has 1 aromatic carbocycles. The summed E-state index contributed by atoms with van der Waals surface area (Å²) in [7, 11) is 0. The van der Waals surface area contributed by atoms with Gasteiger partial charge in [-0.25, -0.2) is 4.79 Å². The molecule has 1 saturated heterocycles. The Morgan fingerprint density at radius 1 is 0.941 bits per heavy atom. The predicted molar refractivity (Wildman–Crippen MR) is 196 cm³/mol. The van der Waals surface area contributed by atoms with Gasteiger partial charge in [-0.3, -0.25) is 4.79 Å². The van der Waals surface area contributed by atoms with Crippen LogP contribution in [0.25, 0.3) is 0 Å². The van der Waals surface area contributed by atoms with Gasteiger partial charge in [-0.05, 0) is 117 Å². The summed E-state index contributed by atoms with van der Waals surface area (Å²) in [5.41, 5.74) is 2.17. The second-order valence-electron chi connectivity index (χ2n) is 18.3. The van der Waals surface area contributed by atoms with Crippen molar-refractivity contribution in [1.29, 1.82) is 0 Å². The Hall–Kier alpha value is -2.10. The van der Waals surface area contributed by atoms with E-state index in [2.05, 4.69) is 54.5 Å². The number of Topliss-reactive ketones (excluding diaryl/α,β-unsaturated/α-hetero) is 1. The summed E-state index contributed by atoms with van der Waals surface area (Å²) in [5, 5.41) is 31.6. The van der Waals surface area contributed by atoms with Crippen LogP contribution < -0.4 is 0 Å². The second-order valence-corrected chi connectivity index (χ2v) is 18.3. The number of esters is 1. The molecule has 0 amide bonds. The molecular formula is C43H64O8. The Morgan fingerprint density at radius 3 is 2.35 bits per heavy atom. The monoisotopic (exact) mass is 708 g/mol. The fraction of sp³-hybridized carbons (Fsp3) is 0.767. The lowest BCUT2D eigenvalue weighted by Crippen LogP contribution is -2.60. The van der Waals surface area contributed by atoms with E-state index in [0.717, 1.165) is 32.1 Å². The molecule has 4 aliphatic carbocycles. The van der Waals surface area contributed by atoms with Gasteiger partial charge < -0.3 is 29.5 Å². The number of benzene rings is 1. The number of aliphatic hydroxyl groups is 3. The first-order valence-corrected chi connectivity index (χ1v) is 19.8. The van der Waals surface area contributed by atoms with Crippen LogP contribution in [0.5, 0.6) is 0 Å². The summed E-state index contributed by atoms with van der Waals surface area (Å²) in [6, 6.07) is 8.38. The van der Waals surface area contributed by atoms with Crippen molar-refractivity contribution in [3.05, 3.63) is 47.5 Å². The zero-order chi connectivity index (χ0) is 36.9. The van der Waals surface area contributed by atoms with Crippen LogP contribution in [0.15, 0.2) is 42.0 Å². The minimum Gasteiger partial charge on any atom is -0.453 e. The minimum atomic E-state index is -1.47. The average Bonchev–Trinajstić information content (AvgIpc) is 3.39. The highest BCUT2D eigenvalue weighted by Crippen LogP contribution is 2.73. The molecule has 3 N–H and O–H groups in total. The van der Waals surface area contributed by atoms with Gasteiger partial charge in [-0.1, -0.05) is 77.3 Å². The summed E-state index contributed by atoms with van der Waals surface area (Å²) in [6.07, 6.45) is 7.41. The molecule has 13 atom stereocenters. The van der Waals surface area contributed by atoms with E-state index >= 15 is 0 Å². The molecule has 0 radical (unpaired) electrons. The van der Waals surface area contributed by atoms with Gasteiger partial charge in [-0.2, -0.15) is 0 Å². The van der Waals surface area contributed by atoms with Crippen LogP contribution in [-0.2, 0) is 19.0 Å². The van der Waals surface area contributed by atoms with Crippen LogP contribution in [-0.4, -0.2) is 71.0 Å². The van der Waals surface area contributed by atoms with Crippen molar-refractivity contribution in [2.45, 2.75) is 143 Å². The maximum atomic E-state index is 13.0. The van der Waals surface area contributed by atoms with E-state index in [1.165, 1.54) is 31.3 Å². The quantitative estimate of drug-likeness (QED) is 0.162. The van der Waals surface area contributed by atoms with Crippen molar-refractivity contribution in [2.75, 3.05) is 13.2 Å². The van der Waals surface area contributed by atoms with E-state index < -0.39 is 43.3 Å². The van der Waals surface area contributed by atoms with Crippen LogP contribution in [0.1, 0.15) is 123 Å². The SMILES string of the molecule is C[C@H](CCC[C@@H](C)[C@H]1CC[C@@]2(C)[C@@H]3CC=C4C(C)(C)C(=O)CC[C@]4(C)[C@H]3CC[C@]12C)CO[C@@H]1O[C@H](CO)[C@@H](OC(=O)c2ccccc2)[C@H](O)[C@H]1O. The normalized spacial score (nSPS) is 41.5. The third-order valence-corrected chi connectivity index (χ3v) is 15.3. The van der Waals surface area contributed by atoms with Gasteiger partial charge in [0.15, 0.2) is 12.4 Å². The zero-order valence-corrected chi connectivity index (χ0v) is 32.1. The molecule has 0 unspecified atom stereocenters. The number of carbonyl (C=O) groups is 2. The van der Waals surface area contributed by atoms with E-state index in [0.29, 0.717) is 58.9 Å². The fourth-order valence-corrected chi connectivity index (χ4v) is 12.0. The predicted octanol–water partition coefficient (Wildman–Crippen LogP) is 7.28. The summed E-state index contributed by atoms with van der Waals surface area (Å²) >= 11 is 0. The largest absolute Gasteiger partial charge is 0.453 e. The van der Waals surface area contributed by atoms with Gasteiger partial charge in [-0.15, -0.1) is 0 Å². The number of allylic oxidation sites excluding steroid dienone is 2. The first-order valence-electron chi connectivity index (χ1n) is 19.8. The van der Waals surface area contributed by atoms with Gasteiger partial charge in [0, 0.05) is 11.8 Å². The van der Waals surface area contributed by atoms with Crippen LogP contribution in [0.3, 0.4) is 0 Å². The van der Waals surface area contributed by atoms with E-state index in [9.17, 15) is 24.9 Å². The van der Waals surface area contributed by atoms with E-state index in [-0.39, 0.29) is 16.7 Å². The number of rotatable bonds is 11. The second kappa shape index (κ2) is 14.6. The third-order valence-electron chi connectivity index (χ3n) is 15.3. The zero-order valence-electron chi connectivity index (χ0n) is 32.1. The van der Waals surface area contributed by atoms with Gasteiger partial charge in [0.2, 0.25) is 0 Å². The van der Waals surface area contributed by atoms with E-state index in [1.807, 2.05) is 0 Å². The smallest absolute Gasteiger partial charge is 0.338 e. The molecule has 284 valence electrons. The molecule has 4 fully saturated rings. The van der Waals surface area contributed by atoms with Crippen molar-refractivity contribution in [3.8, 4) is 0 Å². The number of hydrogen-bond donors (Lipinski definition) is 3. The fourth-order valence-electron chi connectivity index (χ4n) is 12.0. The van der Waals surface area contributed by atoms with Crippen molar-refractivity contribution < 1.29 is 39.1 Å². The molecule has 1 heterocycles. The molecule has 0 aromatic heterocycles. The highest BCUT2D eigenvalue weighted by Gasteiger charge is 2.66. The number of ether oxygens (including phenoxy) is 3. The summed E-state index contributed by atoms with van der Waals surface area (Å²) in [6.45, 7) is 16.5. The number of fused-ring (bicyclic) bond motifs is 5. The molecule has 51 heavy (non-hydrogen) atoms. The standard InChI is InChI=1S/C43H64O8/c1-26(25-49-39-36(47)35(46)37(32(24-44)50-39)51-38(48)28-14-9-8-10-15-28)12-11-13-27(2)29-18-22-43(7)31-16-17-33-40(3,4)34(45)20-21-41(33,5)30(31)19-23-42(29,43)6/h8-10,14-15,17,26-27,29-32,35-37,39,44,46-47H,11-13,16,18-25H2,1-7H3/t26-,27-,29-,30+,31-,32-,35-,36-,37-,39-,41-,42-,43+/m1/s1. The first kappa shape index (κ1) is 38.6. The van der Waals surface area contributed by atoms with Crippen LogP contribution in [0.2, 0.25) is 0 Å². The molecule has 6 rings (SSSR count). The van der Waals surface area contributed by atoms with E-state index in [1.54, 1.807) is 30.3 Å². The summed E-state index contributed by atoms with van der Waals surface area (Å²) in [4.78, 5) is 25.6. The van der Waals surface area contributed by atoms with Gasteiger partial charge in [0.1, 0.15) is 24.1 Å². The van der Waals surface area contributed by atoms with Crippen molar-refractivity contribution in [1.82, 2.24) is 0 Å². The molecular weight excluding hydrogens is 644 g/mol. The van der Waals surface area contributed by atoms with Gasteiger partial charge in [0.05, 0.1) is 18.8 Å². The molecule has 1 aromatic rings. The first-order chi connectivity index (χ1) is 24.1. The van der Waals surface area contributed by atoms with Crippen molar-refractivity contribution in [2.24, 2.45) is 51.2 Å². The molecule has 5 aliphatic rings. The average molecular weight is 709 g/mol. The molecule has 8 nitrogen and oxygen atoms in total. The Morgan fingerprint density at radius 2 is 1.65 bits per heavy atom. The number of hydrogen-bond acceptors (Lipinski definition) is 8. The highest BCUT2D eigenvalue weighted by molar-refractivity contribution is 5.89. The van der Waals surface area contributed by atoms with Crippen molar-refractivity contribution >= 4 is 11.8 Å². The molecule has 8 heteroatoms. The Kier molecular flexibility index (Phi) is 11.1. The molecule has 0 spiro atoms. The lowest BCUT2D eigenvalue weighted by Gasteiger charge is -2.64. The number of ketones is 1. The minimum absolute atomic E-state index is 0.138. The van der Waals surface area contributed by atoms with Crippen molar-refractivity contribution in [3.63, 3.8) is 0 Å². The highest BCUT2D eigenvalue weighted by atomic mass is 16.7. The topological polar surface area (TPSA) is 123 Å². The lowest BCUT2D eigenvalue weighted by molar-refractivity contribution is -0.302. The lowest BCUT2D eigenvalue weighted by atomic mass is 9.40. The third kappa shape index (κ3) is 6.68. The molecule has 1 aliphatic heterocycles. The van der Waals surface area contributed by atoms with Gasteiger partial charge >= 0.3 is 5.97 Å². The Labute approximate surface area is 305 Å². The Balaban J connectivity index is 0.996. The molecule has 0 bridgehead atoms. The van der Waals surface area contributed by atoms with Gasteiger partial charge in [0.25, 0.3) is 0 Å². The maximum Gasteiger partial charge on any atom is 0.338 e. The summed E-state index contributed by atoms with van der Waals surface area (Å²) in [5.74, 6) is 2.62. The molecule has 3 saturated carbocycles. The summed E-state index contributed by atoms with van der Waals surface area (Å²) < 4.78 is 17.2. The van der Waals surface area contributed by atoms with Crippen LogP contribution in [0.4, 0.5) is 0 Å². The number of carbonyl (C=O) groups excluding carboxylic acids is 2. The number of aliphatic hydroxyl groups excluding tert-OH is 3. The maximum absolute atomic E-state index is 13.0. The van der Waals surface area contributed by atoms with Crippen LogP contribution >= 0.6 is 0 Å². The van der Waals surface area contributed by atoms with E-state index in [4.69, 9.17) is 14.2 Å². The van der Waals surface area contributed by atoms with Crippen LogP contribution in [0, 0.1) is 51.2 Å². The Bertz CT molecular complexity index is 1440.